The minimum Gasteiger partial charge on any atom is -0.480 e. The highest BCUT2D eigenvalue weighted by Crippen LogP contribution is 2.34. The van der Waals surface area contributed by atoms with Gasteiger partial charge in [-0.05, 0) is 32.8 Å². The van der Waals surface area contributed by atoms with Crippen LogP contribution in [-0.4, -0.2) is 40.3 Å². The highest BCUT2D eigenvalue weighted by Gasteiger charge is 2.44. The number of hydrogen-bond acceptors (Lipinski definition) is 3. The standard InChI is InChI=1S/C16H21NO4/c1-16(2,3)21-15(20)17-10-9-12(13(17)14(18)19)11-7-5-4-6-8-11/h4-8,12-13H,9-10H2,1-3H3,(H,18,19)/t12-,13-/m0/s1. The number of benzene rings is 1. The van der Waals surface area contributed by atoms with Crippen molar-refractivity contribution >= 4 is 12.1 Å². The lowest BCUT2D eigenvalue weighted by Gasteiger charge is -2.28. The van der Waals surface area contributed by atoms with Gasteiger partial charge in [0.15, 0.2) is 0 Å². The van der Waals surface area contributed by atoms with Crippen molar-refractivity contribution in [3.63, 3.8) is 0 Å². The third-order valence-electron chi connectivity index (χ3n) is 3.51. The molecule has 1 aromatic rings. The fourth-order valence-corrected chi connectivity index (χ4v) is 2.67. The van der Waals surface area contributed by atoms with Crippen LogP contribution in [0.3, 0.4) is 0 Å². The monoisotopic (exact) mass is 291 g/mol. The summed E-state index contributed by atoms with van der Waals surface area (Å²) in [6, 6.07) is 8.58. The van der Waals surface area contributed by atoms with E-state index in [0.29, 0.717) is 13.0 Å². The lowest BCUT2D eigenvalue weighted by Crippen LogP contribution is -2.45. The van der Waals surface area contributed by atoms with Crippen LogP contribution in [0.25, 0.3) is 0 Å². The molecule has 0 radical (unpaired) electrons. The van der Waals surface area contributed by atoms with Gasteiger partial charge < -0.3 is 9.84 Å². The van der Waals surface area contributed by atoms with Crippen LogP contribution in [0.15, 0.2) is 30.3 Å². The number of likely N-dealkylation sites (tertiary alicyclic amines) is 1. The number of carboxylic acids is 1. The van der Waals surface area contributed by atoms with Gasteiger partial charge in [0.2, 0.25) is 0 Å². The van der Waals surface area contributed by atoms with Crippen LogP contribution in [0.5, 0.6) is 0 Å². The lowest BCUT2D eigenvalue weighted by atomic mass is 9.92. The molecule has 0 unspecified atom stereocenters. The first-order valence-electron chi connectivity index (χ1n) is 7.07. The topological polar surface area (TPSA) is 66.8 Å². The van der Waals surface area contributed by atoms with Gasteiger partial charge in [0, 0.05) is 12.5 Å². The van der Waals surface area contributed by atoms with Gasteiger partial charge in [-0.15, -0.1) is 0 Å². The molecular weight excluding hydrogens is 270 g/mol. The molecule has 1 fully saturated rings. The second kappa shape index (κ2) is 5.76. The maximum atomic E-state index is 12.2. The summed E-state index contributed by atoms with van der Waals surface area (Å²) < 4.78 is 5.31. The van der Waals surface area contributed by atoms with Crippen LogP contribution in [-0.2, 0) is 9.53 Å². The molecule has 1 aliphatic heterocycles. The van der Waals surface area contributed by atoms with E-state index in [9.17, 15) is 14.7 Å². The van der Waals surface area contributed by atoms with E-state index >= 15 is 0 Å². The molecule has 0 saturated carbocycles. The van der Waals surface area contributed by atoms with Crippen molar-refractivity contribution in [3.05, 3.63) is 35.9 Å². The molecule has 1 aromatic carbocycles. The average Bonchev–Trinajstić information content (AvgIpc) is 2.82. The van der Waals surface area contributed by atoms with Crippen LogP contribution >= 0.6 is 0 Å². The summed E-state index contributed by atoms with van der Waals surface area (Å²) in [6.45, 7) is 5.70. The smallest absolute Gasteiger partial charge is 0.411 e. The summed E-state index contributed by atoms with van der Waals surface area (Å²) >= 11 is 0. The zero-order valence-corrected chi connectivity index (χ0v) is 12.6. The van der Waals surface area contributed by atoms with Crippen molar-refractivity contribution in [2.45, 2.75) is 44.8 Å². The molecule has 5 heteroatoms. The van der Waals surface area contributed by atoms with E-state index in [1.54, 1.807) is 20.8 Å². The molecule has 0 bridgehead atoms. The summed E-state index contributed by atoms with van der Waals surface area (Å²) in [5.74, 6) is -1.19. The van der Waals surface area contributed by atoms with Crippen molar-refractivity contribution in [2.24, 2.45) is 0 Å². The molecule has 0 aromatic heterocycles. The predicted octanol–water partition coefficient (Wildman–Crippen LogP) is 2.86. The van der Waals surface area contributed by atoms with Crippen LogP contribution in [0.4, 0.5) is 4.79 Å². The maximum Gasteiger partial charge on any atom is 0.411 e. The first-order valence-corrected chi connectivity index (χ1v) is 7.07. The quantitative estimate of drug-likeness (QED) is 0.909. The fraction of sp³-hybridized carbons (Fsp3) is 0.500. The Bertz CT molecular complexity index is 521. The Morgan fingerprint density at radius 1 is 1.24 bits per heavy atom. The van der Waals surface area contributed by atoms with E-state index in [0.717, 1.165) is 5.56 Å². The molecule has 5 nitrogen and oxygen atoms in total. The predicted molar refractivity (Wildman–Crippen MR) is 78.2 cm³/mol. The lowest BCUT2D eigenvalue weighted by molar-refractivity contribution is -0.142. The maximum absolute atomic E-state index is 12.2. The number of ether oxygens (including phenoxy) is 1. The molecule has 1 saturated heterocycles. The number of amides is 1. The number of carbonyl (C=O) groups is 2. The van der Waals surface area contributed by atoms with Crippen molar-refractivity contribution < 1.29 is 19.4 Å². The zero-order valence-electron chi connectivity index (χ0n) is 12.6. The van der Waals surface area contributed by atoms with Crippen LogP contribution in [0.1, 0.15) is 38.7 Å². The second-order valence-electron chi connectivity index (χ2n) is 6.26. The summed E-state index contributed by atoms with van der Waals surface area (Å²) in [7, 11) is 0. The molecule has 2 rings (SSSR count). The molecule has 1 aliphatic rings. The Morgan fingerprint density at radius 2 is 1.86 bits per heavy atom. The molecule has 1 heterocycles. The van der Waals surface area contributed by atoms with E-state index in [4.69, 9.17) is 4.74 Å². The van der Waals surface area contributed by atoms with Gasteiger partial charge >= 0.3 is 12.1 Å². The largest absolute Gasteiger partial charge is 0.480 e. The van der Waals surface area contributed by atoms with Gasteiger partial charge in [-0.2, -0.15) is 0 Å². The van der Waals surface area contributed by atoms with Crippen LogP contribution in [0, 0.1) is 0 Å². The normalized spacial score (nSPS) is 22.1. The third kappa shape index (κ3) is 3.54. The van der Waals surface area contributed by atoms with Crippen molar-refractivity contribution in [1.82, 2.24) is 4.90 Å². The number of aliphatic carboxylic acids is 1. The van der Waals surface area contributed by atoms with Crippen LogP contribution in [0.2, 0.25) is 0 Å². The Hall–Kier alpha value is -2.04. The molecule has 1 N–H and O–H groups in total. The summed E-state index contributed by atoms with van der Waals surface area (Å²) in [5, 5.41) is 9.51. The van der Waals surface area contributed by atoms with Crippen LogP contribution < -0.4 is 0 Å². The first-order chi connectivity index (χ1) is 9.79. The number of hydrogen-bond donors (Lipinski definition) is 1. The summed E-state index contributed by atoms with van der Waals surface area (Å²) in [6.07, 6.45) is 0.0635. The number of nitrogens with zero attached hydrogens (tertiary/aromatic N) is 1. The summed E-state index contributed by atoms with van der Waals surface area (Å²) in [5.41, 5.74) is 0.307. The Morgan fingerprint density at radius 3 is 2.38 bits per heavy atom. The van der Waals surface area contributed by atoms with Crippen molar-refractivity contribution in [3.8, 4) is 0 Å². The molecular formula is C16H21NO4. The Balaban J connectivity index is 2.22. The fourth-order valence-electron chi connectivity index (χ4n) is 2.67. The Kier molecular flexibility index (Phi) is 4.21. The number of carboxylic acid groups (broad SMARTS) is 1. The second-order valence-corrected chi connectivity index (χ2v) is 6.26. The van der Waals surface area contributed by atoms with Gasteiger partial charge in [0.05, 0.1) is 0 Å². The van der Waals surface area contributed by atoms with Gasteiger partial charge in [0.1, 0.15) is 11.6 Å². The van der Waals surface area contributed by atoms with Gasteiger partial charge in [0.25, 0.3) is 0 Å². The molecule has 2 atom stereocenters. The number of rotatable bonds is 2. The minimum absolute atomic E-state index is 0.198. The van der Waals surface area contributed by atoms with E-state index in [1.807, 2.05) is 30.3 Å². The van der Waals surface area contributed by atoms with E-state index in [2.05, 4.69) is 0 Å². The zero-order chi connectivity index (χ0) is 15.6. The van der Waals surface area contributed by atoms with E-state index in [-0.39, 0.29) is 5.92 Å². The molecule has 1 amide bonds. The molecule has 0 aliphatic carbocycles. The van der Waals surface area contributed by atoms with Crippen molar-refractivity contribution in [2.75, 3.05) is 6.54 Å². The van der Waals surface area contributed by atoms with Gasteiger partial charge in [-0.25, -0.2) is 9.59 Å². The van der Waals surface area contributed by atoms with Gasteiger partial charge in [-0.3, -0.25) is 4.90 Å². The highest BCUT2D eigenvalue weighted by molar-refractivity contribution is 5.82. The first kappa shape index (κ1) is 15.4. The molecule has 114 valence electrons. The minimum atomic E-state index is -0.993. The third-order valence-corrected chi connectivity index (χ3v) is 3.51. The van der Waals surface area contributed by atoms with E-state index in [1.165, 1.54) is 4.90 Å². The molecule has 0 spiro atoms. The van der Waals surface area contributed by atoms with Crippen molar-refractivity contribution in [1.29, 1.82) is 0 Å². The highest BCUT2D eigenvalue weighted by atomic mass is 16.6. The Labute approximate surface area is 124 Å². The van der Waals surface area contributed by atoms with Gasteiger partial charge in [-0.1, -0.05) is 30.3 Å². The molecule has 21 heavy (non-hydrogen) atoms. The number of carbonyl (C=O) groups excluding carboxylic acids is 1. The SMILES string of the molecule is CC(C)(C)OC(=O)N1CC[C@@H](c2ccccc2)[C@H]1C(=O)O. The average molecular weight is 291 g/mol. The summed E-state index contributed by atoms with van der Waals surface area (Å²) in [4.78, 5) is 25.1. The van der Waals surface area contributed by atoms with E-state index < -0.39 is 23.7 Å².